The Balaban J connectivity index is 1.49. The Labute approximate surface area is 189 Å². The van der Waals surface area contributed by atoms with Gasteiger partial charge in [0, 0.05) is 18.4 Å². The molecule has 0 saturated carbocycles. The maximum Gasteiger partial charge on any atom is 0.232 e. The molecule has 3 aromatic carbocycles. The molecule has 1 amide bonds. The van der Waals surface area contributed by atoms with E-state index in [9.17, 15) is 13.2 Å². The molecule has 0 bridgehead atoms. The molecule has 0 heterocycles. The topological polar surface area (TPSA) is 84.9 Å². The largest absolute Gasteiger partial charge is 0.497 e. The van der Waals surface area contributed by atoms with Crippen molar-refractivity contribution in [2.45, 2.75) is 12.8 Å². The highest BCUT2D eigenvalue weighted by Crippen LogP contribution is 2.28. The molecule has 3 aromatic rings. The summed E-state index contributed by atoms with van der Waals surface area (Å²) in [5.74, 6) is 1.30. The van der Waals surface area contributed by atoms with E-state index in [1.165, 1.54) is 10.6 Å². The SMILES string of the molecule is COc1ccc(OCCNC(=O)CCCN(c2cccc3ccccc23)S(C)(=O)=O)cc1. The number of carbonyl (C=O) groups is 1. The molecular weight excluding hydrogens is 428 g/mol. The van der Waals surface area contributed by atoms with Gasteiger partial charge in [0.1, 0.15) is 18.1 Å². The van der Waals surface area contributed by atoms with Gasteiger partial charge in [-0.1, -0.05) is 36.4 Å². The fourth-order valence-corrected chi connectivity index (χ4v) is 4.37. The molecule has 0 radical (unpaired) electrons. The van der Waals surface area contributed by atoms with E-state index in [-0.39, 0.29) is 18.9 Å². The zero-order valence-corrected chi connectivity index (χ0v) is 19.1. The van der Waals surface area contributed by atoms with Crippen LogP contribution in [0.5, 0.6) is 11.5 Å². The van der Waals surface area contributed by atoms with Crippen molar-refractivity contribution in [2.24, 2.45) is 0 Å². The number of carbonyl (C=O) groups excluding carboxylic acids is 1. The third kappa shape index (κ3) is 6.37. The second kappa shape index (κ2) is 10.9. The van der Waals surface area contributed by atoms with Crippen LogP contribution in [0, 0.1) is 0 Å². The second-order valence-electron chi connectivity index (χ2n) is 7.31. The minimum Gasteiger partial charge on any atom is -0.497 e. The van der Waals surface area contributed by atoms with Gasteiger partial charge in [-0.25, -0.2) is 8.42 Å². The molecule has 0 spiro atoms. The second-order valence-corrected chi connectivity index (χ2v) is 9.22. The molecule has 170 valence electrons. The van der Waals surface area contributed by atoms with Gasteiger partial charge in [0.25, 0.3) is 0 Å². The van der Waals surface area contributed by atoms with Gasteiger partial charge in [-0.3, -0.25) is 9.10 Å². The van der Waals surface area contributed by atoms with Crippen LogP contribution in [0.25, 0.3) is 10.8 Å². The average molecular weight is 457 g/mol. The van der Waals surface area contributed by atoms with Gasteiger partial charge in [0.2, 0.25) is 15.9 Å². The average Bonchev–Trinajstić information content (AvgIpc) is 2.79. The molecule has 7 nitrogen and oxygen atoms in total. The first-order valence-corrected chi connectivity index (χ1v) is 12.2. The number of amides is 1. The highest BCUT2D eigenvalue weighted by atomic mass is 32.2. The number of benzene rings is 3. The van der Waals surface area contributed by atoms with Crippen molar-refractivity contribution in [1.29, 1.82) is 0 Å². The van der Waals surface area contributed by atoms with Crippen molar-refractivity contribution in [3.05, 3.63) is 66.7 Å². The van der Waals surface area contributed by atoms with Gasteiger partial charge in [-0.15, -0.1) is 0 Å². The Morgan fingerprint density at radius 2 is 1.66 bits per heavy atom. The van der Waals surface area contributed by atoms with Crippen molar-refractivity contribution in [3.8, 4) is 11.5 Å². The predicted octanol–water partition coefficient (Wildman–Crippen LogP) is 3.59. The highest BCUT2D eigenvalue weighted by Gasteiger charge is 2.19. The first-order valence-electron chi connectivity index (χ1n) is 10.4. The van der Waals surface area contributed by atoms with Gasteiger partial charge < -0.3 is 14.8 Å². The molecule has 0 aliphatic carbocycles. The first-order chi connectivity index (χ1) is 15.4. The summed E-state index contributed by atoms with van der Waals surface area (Å²) in [6.45, 7) is 0.927. The fraction of sp³-hybridized carbons (Fsp3) is 0.292. The molecule has 0 fully saturated rings. The van der Waals surface area contributed by atoms with E-state index in [4.69, 9.17) is 9.47 Å². The van der Waals surface area contributed by atoms with E-state index >= 15 is 0 Å². The normalized spacial score (nSPS) is 11.2. The number of nitrogens with one attached hydrogen (secondary N) is 1. The lowest BCUT2D eigenvalue weighted by atomic mass is 10.1. The predicted molar refractivity (Wildman–Crippen MR) is 127 cm³/mol. The van der Waals surface area contributed by atoms with Gasteiger partial charge in [0.15, 0.2) is 0 Å². The molecule has 32 heavy (non-hydrogen) atoms. The van der Waals surface area contributed by atoms with E-state index in [1.54, 1.807) is 37.4 Å². The molecule has 0 saturated heterocycles. The summed E-state index contributed by atoms with van der Waals surface area (Å²) in [7, 11) is -1.89. The van der Waals surface area contributed by atoms with E-state index in [2.05, 4.69) is 5.32 Å². The Hall–Kier alpha value is -3.26. The molecule has 0 aromatic heterocycles. The number of hydrogen-bond acceptors (Lipinski definition) is 5. The van der Waals surface area contributed by atoms with Crippen LogP contribution in [-0.4, -0.2) is 47.4 Å². The Bertz CT molecular complexity index is 1140. The van der Waals surface area contributed by atoms with Gasteiger partial charge in [0.05, 0.1) is 25.6 Å². The van der Waals surface area contributed by atoms with E-state index < -0.39 is 10.0 Å². The first kappa shape index (κ1) is 23.4. The standard InChI is InChI=1S/C24H28N2O5S/c1-30-20-12-14-21(15-13-20)31-18-16-25-24(27)11-6-17-26(32(2,28)29)23-10-5-8-19-7-3-4-9-22(19)23/h3-5,7-10,12-15H,6,11,16-18H2,1-2H3,(H,25,27). The van der Waals surface area contributed by atoms with Crippen LogP contribution in [0.2, 0.25) is 0 Å². The van der Waals surface area contributed by atoms with Crippen LogP contribution in [0.3, 0.4) is 0 Å². The van der Waals surface area contributed by atoms with E-state index in [1.807, 2.05) is 36.4 Å². The quantitative estimate of drug-likeness (QED) is 0.446. The van der Waals surface area contributed by atoms with Gasteiger partial charge in [-0.05, 0) is 42.1 Å². The third-order valence-electron chi connectivity index (χ3n) is 4.95. The lowest BCUT2D eigenvalue weighted by molar-refractivity contribution is -0.121. The number of ether oxygens (including phenoxy) is 2. The summed E-state index contributed by atoms with van der Waals surface area (Å²) in [4.78, 5) is 12.2. The highest BCUT2D eigenvalue weighted by molar-refractivity contribution is 7.92. The van der Waals surface area contributed by atoms with Crippen molar-refractivity contribution in [1.82, 2.24) is 5.32 Å². The molecule has 0 atom stereocenters. The summed E-state index contributed by atoms with van der Waals surface area (Å²) in [5.41, 5.74) is 0.624. The summed E-state index contributed by atoms with van der Waals surface area (Å²) in [6.07, 6.45) is 1.81. The minimum absolute atomic E-state index is 0.144. The minimum atomic E-state index is -3.49. The Kier molecular flexibility index (Phi) is 7.94. The number of methoxy groups -OCH3 is 1. The molecule has 1 N–H and O–H groups in total. The fourth-order valence-electron chi connectivity index (χ4n) is 3.39. The van der Waals surface area contributed by atoms with Crippen molar-refractivity contribution in [3.63, 3.8) is 0 Å². The lowest BCUT2D eigenvalue weighted by Gasteiger charge is -2.24. The number of fused-ring (bicyclic) bond motifs is 1. The van der Waals surface area contributed by atoms with Crippen molar-refractivity contribution in [2.75, 3.05) is 37.4 Å². The molecule has 3 rings (SSSR count). The third-order valence-corrected chi connectivity index (χ3v) is 6.13. The van der Waals surface area contributed by atoms with Crippen LogP contribution in [0.1, 0.15) is 12.8 Å². The summed E-state index contributed by atoms with van der Waals surface area (Å²) < 4.78 is 36.9. The monoisotopic (exact) mass is 456 g/mol. The smallest absolute Gasteiger partial charge is 0.232 e. The van der Waals surface area contributed by atoms with Crippen molar-refractivity contribution >= 4 is 32.4 Å². The number of anilines is 1. The number of rotatable bonds is 11. The number of sulfonamides is 1. The zero-order valence-electron chi connectivity index (χ0n) is 18.3. The van der Waals surface area contributed by atoms with Crippen LogP contribution >= 0.6 is 0 Å². The van der Waals surface area contributed by atoms with Gasteiger partial charge >= 0.3 is 0 Å². The molecule has 0 aliphatic rings. The molecule has 0 aliphatic heterocycles. The molecule has 8 heteroatoms. The summed E-state index contributed by atoms with van der Waals surface area (Å²) in [6, 6.07) is 20.4. The maximum absolute atomic E-state index is 12.4. The zero-order chi connectivity index (χ0) is 23.0. The summed E-state index contributed by atoms with van der Waals surface area (Å²) in [5, 5.41) is 4.63. The number of hydrogen-bond donors (Lipinski definition) is 1. The maximum atomic E-state index is 12.4. The van der Waals surface area contributed by atoms with Crippen LogP contribution in [0.15, 0.2) is 66.7 Å². The Morgan fingerprint density at radius 1 is 0.969 bits per heavy atom. The Morgan fingerprint density at radius 3 is 2.38 bits per heavy atom. The number of nitrogens with zero attached hydrogens (tertiary/aromatic N) is 1. The van der Waals surface area contributed by atoms with Crippen LogP contribution in [-0.2, 0) is 14.8 Å². The van der Waals surface area contributed by atoms with E-state index in [0.29, 0.717) is 31.0 Å². The lowest BCUT2D eigenvalue weighted by Crippen LogP contribution is -2.33. The van der Waals surface area contributed by atoms with Gasteiger partial charge in [-0.2, -0.15) is 0 Å². The van der Waals surface area contributed by atoms with E-state index in [0.717, 1.165) is 16.5 Å². The van der Waals surface area contributed by atoms with Crippen LogP contribution in [0.4, 0.5) is 5.69 Å². The molecular formula is C24H28N2O5S. The van der Waals surface area contributed by atoms with Crippen LogP contribution < -0.4 is 19.1 Å². The summed E-state index contributed by atoms with van der Waals surface area (Å²) >= 11 is 0. The molecule has 0 unspecified atom stereocenters. The van der Waals surface area contributed by atoms with Crippen molar-refractivity contribution < 1.29 is 22.7 Å².